The summed E-state index contributed by atoms with van der Waals surface area (Å²) in [4.78, 5) is 14.4. The molecule has 0 fully saturated rings. The van der Waals surface area contributed by atoms with Gasteiger partial charge in [0.1, 0.15) is 5.82 Å². The second-order valence-electron chi connectivity index (χ2n) is 4.95. The molecule has 84 valence electrons. The van der Waals surface area contributed by atoms with Gasteiger partial charge in [-0.1, -0.05) is 18.2 Å². The highest BCUT2D eigenvalue weighted by atomic mass is 16.1. The van der Waals surface area contributed by atoms with Crippen molar-refractivity contribution in [1.82, 2.24) is 4.98 Å². The van der Waals surface area contributed by atoms with Gasteiger partial charge in [0, 0.05) is 16.4 Å². The van der Waals surface area contributed by atoms with E-state index in [9.17, 15) is 4.79 Å². The molecule has 0 aliphatic rings. The molecular formula is C13H16N2O. The molecule has 0 bridgehead atoms. The molecule has 1 aromatic heterocycles. The number of hydrogen-bond acceptors (Lipinski definition) is 2. The second kappa shape index (κ2) is 3.67. The van der Waals surface area contributed by atoms with Gasteiger partial charge >= 0.3 is 0 Å². The van der Waals surface area contributed by atoms with E-state index in [0.717, 1.165) is 23.0 Å². The standard InChI is InChI=1S/C13H16N2O/c1-13(2,3)15-12-10(8-16)9-6-4-5-7-11(9)14-12/h4-8,14-15H,1-3H3. The van der Waals surface area contributed by atoms with Gasteiger partial charge in [-0.05, 0) is 26.8 Å². The Morgan fingerprint density at radius 3 is 2.56 bits per heavy atom. The lowest BCUT2D eigenvalue weighted by Crippen LogP contribution is -2.26. The van der Waals surface area contributed by atoms with E-state index in [1.165, 1.54) is 0 Å². The SMILES string of the molecule is CC(C)(C)Nc1[nH]c2ccccc2c1C=O. The monoisotopic (exact) mass is 216 g/mol. The topological polar surface area (TPSA) is 44.9 Å². The van der Waals surface area contributed by atoms with Gasteiger partial charge in [0.2, 0.25) is 0 Å². The number of nitrogens with one attached hydrogen (secondary N) is 2. The number of aldehydes is 1. The van der Waals surface area contributed by atoms with E-state index < -0.39 is 0 Å². The maximum Gasteiger partial charge on any atom is 0.154 e. The van der Waals surface area contributed by atoms with Gasteiger partial charge in [-0.25, -0.2) is 0 Å². The van der Waals surface area contributed by atoms with Gasteiger partial charge in [0.05, 0.1) is 5.56 Å². The molecule has 0 radical (unpaired) electrons. The number of carbonyl (C=O) groups is 1. The third-order valence-corrected chi connectivity index (χ3v) is 2.36. The maximum atomic E-state index is 11.1. The fourth-order valence-corrected chi connectivity index (χ4v) is 1.76. The molecule has 0 saturated heterocycles. The van der Waals surface area contributed by atoms with Crippen LogP contribution in [-0.4, -0.2) is 16.8 Å². The van der Waals surface area contributed by atoms with Gasteiger partial charge < -0.3 is 10.3 Å². The third kappa shape index (κ3) is 1.94. The molecule has 2 aromatic rings. The van der Waals surface area contributed by atoms with Crippen LogP contribution < -0.4 is 5.32 Å². The van der Waals surface area contributed by atoms with E-state index in [0.29, 0.717) is 5.56 Å². The van der Waals surface area contributed by atoms with Crippen molar-refractivity contribution < 1.29 is 4.79 Å². The minimum absolute atomic E-state index is 0.0708. The van der Waals surface area contributed by atoms with Crippen LogP contribution in [0.1, 0.15) is 31.1 Å². The number of aromatic nitrogens is 1. The van der Waals surface area contributed by atoms with Crippen LogP contribution in [-0.2, 0) is 0 Å². The van der Waals surface area contributed by atoms with E-state index in [1.807, 2.05) is 24.3 Å². The zero-order chi connectivity index (χ0) is 11.8. The number of fused-ring (bicyclic) bond motifs is 1. The zero-order valence-corrected chi connectivity index (χ0v) is 9.79. The van der Waals surface area contributed by atoms with Crippen LogP contribution in [0.3, 0.4) is 0 Å². The summed E-state index contributed by atoms with van der Waals surface area (Å²) in [6.07, 6.45) is 0.896. The molecule has 0 spiro atoms. The Morgan fingerprint density at radius 1 is 1.25 bits per heavy atom. The van der Waals surface area contributed by atoms with Gasteiger partial charge in [0.25, 0.3) is 0 Å². The first-order chi connectivity index (χ1) is 7.51. The number of anilines is 1. The summed E-state index contributed by atoms with van der Waals surface area (Å²) in [5.74, 6) is 0.795. The lowest BCUT2D eigenvalue weighted by molar-refractivity contribution is 0.112. The molecule has 1 heterocycles. The van der Waals surface area contributed by atoms with E-state index >= 15 is 0 Å². The van der Waals surface area contributed by atoms with Crippen molar-refractivity contribution in [2.45, 2.75) is 26.3 Å². The number of para-hydroxylation sites is 1. The van der Waals surface area contributed by atoms with Crippen LogP contribution in [0.2, 0.25) is 0 Å². The second-order valence-corrected chi connectivity index (χ2v) is 4.95. The number of carbonyl (C=O) groups excluding carboxylic acids is 1. The third-order valence-electron chi connectivity index (χ3n) is 2.36. The highest BCUT2D eigenvalue weighted by Gasteiger charge is 2.15. The van der Waals surface area contributed by atoms with Crippen molar-refractivity contribution in [3.05, 3.63) is 29.8 Å². The molecule has 2 rings (SSSR count). The molecule has 0 unspecified atom stereocenters. The van der Waals surface area contributed by atoms with Crippen LogP contribution in [0.25, 0.3) is 10.9 Å². The first-order valence-corrected chi connectivity index (χ1v) is 5.35. The van der Waals surface area contributed by atoms with E-state index in [2.05, 4.69) is 31.1 Å². The Labute approximate surface area is 94.9 Å². The minimum atomic E-state index is -0.0708. The molecule has 3 nitrogen and oxygen atoms in total. The quantitative estimate of drug-likeness (QED) is 0.757. The van der Waals surface area contributed by atoms with Crippen molar-refractivity contribution in [3.63, 3.8) is 0 Å². The molecule has 16 heavy (non-hydrogen) atoms. The van der Waals surface area contributed by atoms with Crippen molar-refractivity contribution >= 4 is 23.0 Å². The summed E-state index contributed by atoms with van der Waals surface area (Å²) >= 11 is 0. The first-order valence-electron chi connectivity index (χ1n) is 5.35. The molecule has 0 aliphatic heterocycles. The summed E-state index contributed by atoms with van der Waals surface area (Å²) in [7, 11) is 0. The molecule has 1 aromatic carbocycles. The van der Waals surface area contributed by atoms with Gasteiger partial charge in [-0.3, -0.25) is 4.79 Å². The van der Waals surface area contributed by atoms with Crippen LogP contribution in [0.15, 0.2) is 24.3 Å². The molecule has 0 aliphatic carbocycles. The van der Waals surface area contributed by atoms with E-state index in [-0.39, 0.29) is 5.54 Å². The van der Waals surface area contributed by atoms with Gasteiger partial charge in [-0.15, -0.1) is 0 Å². The van der Waals surface area contributed by atoms with Crippen LogP contribution in [0, 0.1) is 0 Å². The lowest BCUT2D eigenvalue weighted by Gasteiger charge is -2.21. The van der Waals surface area contributed by atoms with Crippen LogP contribution in [0.4, 0.5) is 5.82 Å². The van der Waals surface area contributed by atoms with Gasteiger partial charge in [0.15, 0.2) is 6.29 Å². The largest absolute Gasteiger partial charge is 0.366 e. The molecule has 3 heteroatoms. The van der Waals surface area contributed by atoms with Crippen molar-refractivity contribution in [2.24, 2.45) is 0 Å². The van der Waals surface area contributed by atoms with E-state index in [1.54, 1.807) is 0 Å². The Balaban J connectivity index is 2.57. The van der Waals surface area contributed by atoms with Crippen molar-refractivity contribution in [2.75, 3.05) is 5.32 Å². The van der Waals surface area contributed by atoms with E-state index in [4.69, 9.17) is 0 Å². The molecular weight excluding hydrogens is 200 g/mol. The van der Waals surface area contributed by atoms with Crippen LogP contribution >= 0.6 is 0 Å². The van der Waals surface area contributed by atoms with Crippen molar-refractivity contribution in [3.8, 4) is 0 Å². The summed E-state index contributed by atoms with van der Waals surface area (Å²) in [6, 6.07) is 7.80. The Kier molecular flexibility index (Phi) is 2.46. The minimum Gasteiger partial charge on any atom is -0.366 e. The Morgan fingerprint density at radius 2 is 1.94 bits per heavy atom. The lowest BCUT2D eigenvalue weighted by atomic mass is 10.1. The summed E-state index contributed by atoms with van der Waals surface area (Å²) in [6.45, 7) is 6.19. The molecule has 0 amide bonds. The summed E-state index contributed by atoms with van der Waals surface area (Å²) < 4.78 is 0. The normalized spacial score (nSPS) is 11.7. The smallest absolute Gasteiger partial charge is 0.154 e. The fourth-order valence-electron chi connectivity index (χ4n) is 1.76. The molecule has 2 N–H and O–H groups in total. The number of hydrogen-bond donors (Lipinski definition) is 2. The number of benzene rings is 1. The Hall–Kier alpha value is -1.77. The predicted molar refractivity (Wildman–Crippen MR) is 67.1 cm³/mol. The highest BCUT2D eigenvalue weighted by molar-refractivity contribution is 6.03. The van der Waals surface area contributed by atoms with Gasteiger partial charge in [-0.2, -0.15) is 0 Å². The number of H-pyrrole nitrogens is 1. The summed E-state index contributed by atoms with van der Waals surface area (Å²) in [5.41, 5.74) is 1.61. The number of rotatable bonds is 2. The first kappa shape index (κ1) is 10.7. The fraction of sp³-hybridized carbons (Fsp3) is 0.308. The molecule has 0 atom stereocenters. The summed E-state index contributed by atoms with van der Waals surface area (Å²) in [5, 5.41) is 4.27. The van der Waals surface area contributed by atoms with Crippen LogP contribution in [0.5, 0.6) is 0 Å². The highest BCUT2D eigenvalue weighted by Crippen LogP contribution is 2.26. The molecule has 0 saturated carbocycles. The van der Waals surface area contributed by atoms with Crippen molar-refractivity contribution in [1.29, 1.82) is 0 Å². The predicted octanol–water partition coefficient (Wildman–Crippen LogP) is 3.19. The average molecular weight is 216 g/mol. The Bertz CT molecular complexity index is 520. The zero-order valence-electron chi connectivity index (χ0n) is 9.79. The number of aromatic amines is 1. The maximum absolute atomic E-state index is 11.1. The average Bonchev–Trinajstić information content (AvgIpc) is 2.51.